The maximum atomic E-state index is 10.7. The lowest BCUT2D eigenvalue weighted by molar-refractivity contribution is -0.384. The van der Waals surface area contributed by atoms with Crippen LogP contribution in [0.4, 0.5) is 11.4 Å². The molecule has 1 fully saturated rings. The summed E-state index contributed by atoms with van der Waals surface area (Å²) in [7, 11) is 0. The van der Waals surface area contributed by atoms with Crippen LogP contribution in [0.5, 0.6) is 0 Å². The number of rotatable bonds is 3. The summed E-state index contributed by atoms with van der Waals surface area (Å²) < 4.78 is 0. The lowest BCUT2D eigenvalue weighted by atomic mass is 10.1. The molecule has 1 unspecified atom stereocenters. The number of hydrogen-bond acceptors (Lipinski definition) is 5. The molecular weight excluding hydrogens is 236 g/mol. The Kier molecular flexibility index (Phi) is 3.78. The molecule has 6 nitrogen and oxygen atoms in total. The Bertz CT molecular complexity index is 450. The van der Waals surface area contributed by atoms with E-state index in [1.807, 2.05) is 4.90 Å². The molecule has 1 aliphatic heterocycles. The van der Waals surface area contributed by atoms with E-state index in [0.717, 1.165) is 25.1 Å². The zero-order chi connectivity index (χ0) is 13.1. The van der Waals surface area contributed by atoms with E-state index in [1.165, 1.54) is 12.1 Å². The van der Waals surface area contributed by atoms with Crippen LogP contribution < -0.4 is 4.90 Å². The molecule has 1 aromatic rings. The second kappa shape index (κ2) is 5.32. The first-order valence-corrected chi connectivity index (χ1v) is 5.93. The van der Waals surface area contributed by atoms with Gasteiger partial charge in [-0.3, -0.25) is 10.1 Å². The van der Waals surface area contributed by atoms with E-state index in [4.69, 9.17) is 0 Å². The number of hydrogen-bond donors (Lipinski definition) is 2. The number of nitro benzene ring substituents is 1. The molecule has 1 aliphatic rings. The van der Waals surface area contributed by atoms with Gasteiger partial charge in [0, 0.05) is 36.5 Å². The van der Waals surface area contributed by atoms with Gasteiger partial charge in [-0.15, -0.1) is 0 Å². The van der Waals surface area contributed by atoms with Gasteiger partial charge in [0.2, 0.25) is 0 Å². The third-order valence-electron chi connectivity index (χ3n) is 3.18. The summed E-state index contributed by atoms with van der Waals surface area (Å²) in [5, 5.41) is 29.6. The second-order valence-corrected chi connectivity index (χ2v) is 4.47. The summed E-state index contributed by atoms with van der Waals surface area (Å²) >= 11 is 0. The summed E-state index contributed by atoms with van der Waals surface area (Å²) in [6.07, 6.45) is 1.28. The second-order valence-electron chi connectivity index (χ2n) is 4.47. The van der Waals surface area contributed by atoms with Gasteiger partial charge >= 0.3 is 0 Å². The average Bonchev–Trinajstić information content (AvgIpc) is 2.37. The minimum absolute atomic E-state index is 0.0274. The van der Waals surface area contributed by atoms with Gasteiger partial charge in [-0.05, 0) is 18.9 Å². The summed E-state index contributed by atoms with van der Waals surface area (Å²) in [4.78, 5) is 12.2. The number of β-amino-alcohol motifs (C(OH)–C–C–N with tert-alkyl or cyclic N) is 1. The van der Waals surface area contributed by atoms with Crippen molar-refractivity contribution in [2.75, 3.05) is 18.0 Å². The van der Waals surface area contributed by atoms with Crippen molar-refractivity contribution >= 4 is 11.4 Å². The van der Waals surface area contributed by atoms with Gasteiger partial charge in [0.25, 0.3) is 5.69 Å². The molecule has 6 heteroatoms. The maximum Gasteiger partial charge on any atom is 0.269 e. The van der Waals surface area contributed by atoms with E-state index < -0.39 is 4.92 Å². The predicted molar refractivity (Wildman–Crippen MR) is 66.5 cm³/mol. The molecule has 0 spiro atoms. The minimum Gasteiger partial charge on any atom is -0.392 e. The van der Waals surface area contributed by atoms with Crippen LogP contribution in [0.2, 0.25) is 0 Å². The first-order valence-electron chi connectivity index (χ1n) is 5.93. The summed E-state index contributed by atoms with van der Waals surface area (Å²) in [5.41, 5.74) is 1.26. The molecule has 0 aliphatic carbocycles. The minimum atomic E-state index is -0.478. The van der Waals surface area contributed by atoms with Crippen molar-refractivity contribution in [3.8, 4) is 0 Å². The number of benzene rings is 1. The largest absolute Gasteiger partial charge is 0.392 e. The third kappa shape index (κ3) is 2.60. The van der Waals surface area contributed by atoms with Gasteiger partial charge in [-0.25, -0.2) is 0 Å². The standard InChI is InChI=1S/C12H16N2O4/c15-8-9-6-10(14(17)18)3-4-12(9)13-5-1-2-11(16)7-13/h3-4,6,11,15-16H,1-2,5,7-8H2. The van der Waals surface area contributed by atoms with Crippen LogP contribution >= 0.6 is 0 Å². The molecular formula is C12H16N2O4. The quantitative estimate of drug-likeness (QED) is 0.620. The normalized spacial score (nSPS) is 19.9. The van der Waals surface area contributed by atoms with Gasteiger partial charge in [-0.2, -0.15) is 0 Å². The third-order valence-corrected chi connectivity index (χ3v) is 3.18. The molecule has 0 bridgehead atoms. The van der Waals surface area contributed by atoms with Crippen molar-refractivity contribution in [1.29, 1.82) is 0 Å². The molecule has 1 heterocycles. The number of piperidine rings is 1. The van der Waals surface area contributed by atoms with Crippen molar-refractivity contribution in [3.05, 3.63) is 33.9 Å². The summed E-state index contributed by atoms with van der Waals surface area (Å²) in [6.45, 7) is 1.05. The molecule has 18 heavy (non-hydrogen) atoms. The SMILES string of the molecule is O=[N+]([O-])c1ccc(N2CCCC(O)C2)c(CO)c1. The van der Waals surface area contributed by atoms with Gasteiger partial charge in [0.05, 0.1) is 17.6 Å². The van der Waals surface area contributed by atoms with Crippen LogP contribution in [0.15, 0.2) is 18.2 Å². The number of nitrogens with zero attached hydrogens (tertiary/aromatic N) is 2. The first-order chi connectivity index (χ1) is 8.61. The van der Waals surface area contributed by atoms with Crippen LogP contribution in [0.1, 0.15) is 18.4 Å². The van der Waals surface area contributed by atoms with Crippen molar-refractivity contribution in [3.63, 3.8) is 0 Å². The molecule has 1 atom stereocenters. The van der Waals surface area contributed by atoms with Crippen LogP contribution in [0.3, 0.4) is 0 Å². The highest BCUT2D eigenvalue weighted by molar-refractivity contribution is 5.58. The van der Waals surface area contributed by atoms with Crippen molar-refractivity contribution < 1.29 is 15.1 Å². The Hall–Kier alpha value is -1.66. The number of anilines is 1. The van der Waals surface area contributed by atoms with Gasteiger partial charge in [-0.1, -0.05) is 0 Å². The fourth-order valence-electron chi connectivity index (χ4n) is 2.29. The van der Waals surface area contributed by atoms with Crippen LogP contribution in [-0.4, -0.2) is 34.3 Å². The molecule has 0 radical (unpaired) electrons. The molecule has 2 rings (SSSR count). The number of aliphatic hydroxyl groups excluding tert-OH is 2. The van der Waals surface area contributed by atoms with Crippen molar-refractivity contribution in [2.24, 2.45) is 0 Å². The number of nitro groups is 1. The van der Waals surface area contributed by atoms with Gasteiger partial charge < -0.3 is 15.1 Å². The molecule has 1 aromatic carbocycles. The van der Waals surface area contributed by atoms with Gasteiger partial charge in [0.15, 0.2) is 0 Å². The van der Waals surface area contributed by atoms with E-state index >= 15 is 0 Å². The Balaban J connectivity index is 2.29. The highest BCUT2D eigenvalue weighted by Crippen LogP contribution is 2.27. The van der Waals surface area contributed by atoms with E-state index in [1.54, 1.807) is 6.07 Å². The Labute approximate surface area is 105 Å². The van der Waals surface area contributed by atoms with E-state index in [9.17, 15) is 20.3 Å². The molecule has 2 N–H and O–H groups in total. The van der Waals surface area contributed by atoms with Crippen LogP contribution in [-0.2, 0) is 6.61 Å². The van der Waals surface area contributed by atoms with Crippen molar-refractivity contribution in [2.45, 2.75) is 25.6 Å². The fourth-order valence-corrected chi connectivity index (χ4v) is 2.29. The van der Waals surface area contributed by atoms with E-state index in [-0.39, 0.29) is 18.4 Å². The Morgan fingerprint density at radius 1 is 1.50 bits per heavy atom. The Morgan fingerprint density at radius 3 is 2.89 bits per heavy atom. The zero-order valence-corrected chi connectivity index (χ0v) is 9.95. The molecule has 0 aromatic heterocycles. The van der Waals surface area contributed by atoms with Crippen molar-refractivity contribution in [1.82, 2.24) is 0 Å². The lowest BCUT2D eigenvalue weighted by Gasteiger charge is -2.33. The Morgan fingerprint density at radius 2 is 2.28 bits per heavy atom. The maximum absolute atomic E-state index is 10.7. The first kappa shape index (κ1) is 12.8. The zero-order valence-electron chi connectivity index (χ0n) is 9.95. The van der Waals surface area contributed by atoms with Crippen LogP contribution in [0, 0.1) is 10.1 Å². The number of non-ortho nitro benzene ring substituents is 1. The lowest BCUT2D eigenvalue weighted by Crippen LogP contribution is -2.38. The van der Waals surface area contributed by atoms with E-state index in [2.05, 4.69) is 0 Å². The molecule has 98 valence electrons. The molecule has 0 amide bonds. The molecule has 0 saturated carbocycles. The van der Waals surface area contributed by atoms with Gasteiger partial charge in [0.1, 0.15) is 0 Å². The highest BCUT2D eigenvalue weighted by Gasteiger charge is 2.21. The highest BCUT2D eigenvalue weighted by atomic mass is 16.6. The summed E-state index contributed by atoms with van der Waals surface area (Å²) in [5.74, 6) is 0. The average molecular weight is 252 g/mol. The fraction of sp³-hybridized carbons (Fsp3) is 0.500. The smallest absolute Gasteiger partial charge is 0.269 e. The molecule has 1 saturated heterocycles. The van der Waals surface area contributed by atoms with Crippen LogP contribution in [0.25, 0.3) is 0 Å². The summed E-state index contributed by atoms with van der Waals surface area (Å²) in [6, 6.07) is 4.45. The number of aliphatic hydroxyl groups is 2. The van der Waals surface area contributed by atoms with E-state index in [0.29, 0.717) is 12.1 Å². The predicted octanol–water partition coefficient (Wildman–Crippen LogP) is 1.05. The monoisotopic (exact) mass is 252 g/mol. The topological polar surface area (TPSA) is 86.8 Å².